The van der Waals surface area contributed by atoms with Gasteiger partial charge in [0.1, 0.15) is 17.8 Å². The largest absolute Gasteiger partial charge is 0.378 e. The predicted octanol–water partition coefficient (Wildman–Crippen LogP) is 5.40. The number of morpholine rings is 1. The van der Waals surface area contributed by atoms with Gasteiger partial charge in [-0.3, -0.25) is 0 Å². The molecular weight excluding hydrogens is 440 g/mol. The molecule has 2 aromatic carbocycles. The molecule has 1 aliphatic rings. The predicted molar refractivity (Wildman–Crippen MR) is 140 cm³/mol. The quantitative estimate of drug-likeness (QED) is 0.371. The Bertz CT molecular complexity index is 1320. The van der Waals surface area contributed by atoms with Crippen LogP contribution in [0, 0.1) is 0 Å². The number of urea groups is 1. The summed E-state index contributed by atoms with van der Waals surface area (Å²) in [4.78, 5) is 27.0. The number of nitrogens with one attached hydrogen (secondary N) is 3. The molecule has 0 atom stereocenters. The number of H-pyrrole nitrogens is 1. The van der Waals surface area contributed by atoms with Crippen LogP contribution in [0.3, 0.4) is 0 Å². The summed E-state index contributed by atoms with van der Waals surface area (Å²) in [5, 5.41) is 6.77. The Kier molecular flexibility index (Phi) is 6.13. The number of benzene rings is 2. The third-order valence-corrected chi connectivity index (χ3v) is 6.18. The van der Waals surface area contributed by atoms with Crippen LogP contribution in [0.2, 0.25) is 0 Å². The standard InChI is InChI=1S/C27H30N6O2/c1-27(2,3)19-6-10-21(11-7-19)31-26(34)30-20-8-4-18(5-9-20)23-16-22-24(32-23)28-17-29-25(22)33-12-14-35-15-13-33/h4-11,16-17H,12-15H2,1-3H3,(H,28,29,32)(H2,30,31,34). The van der Waals surface area contributed by atoms with Gasteiger partial charge < -0.3 is 25.3 Å². The summed E-state index contributed by atoms with van der Waals surface area (Å²) in [5.41, 5.74) is 5.51. The second-order valence-electron chi connectivity index (χ2n) is 9.73. The van der Waals surface area contributed by atoms with Crippen LogP contribution in [0.4, 0.5) is 22.0 Å². The molecule has 3 heterocycles. The van der Waals surface area contributed by atoms with Crippen molar-refractivity contribution >= 4 is 34.3 Å². The topological polar surface area (TPSA) is 95.2 Å². The molecule has 1 saturated heterocycles. The van der Waals surface area contributed by atoms with E-state index in [-0.39, 0.29) is 11.4 Å². The molecule has 8 heteroatoms. The van der Waals surface area contributed by atoms with Crippen molar-refractivity contribution in [1.29, 1.82) is 0 Å². The first-order chi connectivity index (χ1) is 16.9. The van der Waals surface area contributed by atoms with Crippen molar-refractivity contribution in [2.75, 3.05) is 41.8 Å². The van der Waals surface area contributed by atoms with Gasteiger partial charge >= 0.3 is 6.03 Å². The third-order valence-electron chi connectivity index (χ3n) is 6.18. The fourth-order valence-corrected chi connectivity index (χ4v) is 4.19. The molecule has 5 rings (SSSR count). The van der Waals surface area contributed by atoms with E-state index in [1.54, 1.807) is 6.33 Å². The molecule has 1 aliphatic heterocycles. The van der Waals surface area contributed by atoms with E-state index in [0.29, 0.717) is 18.9 Å². The number of carbonyl (C=O) groups excluding carboxylic acids is 1. The molecular formula is C27H30N6O2. The zero-order valence-electron chi connectivity index (χ0n) is 20.3. The number of ether oxygens (including phenoxy) is 1. The summed E-state index contributed by atoms with van der Waals surface area (Å²) in [6.07, 6.45) is 1.59. The lowest BCUT2D eigenvalue weighted by atomic mass is 9.87. The second kappa shape index (κ2) is 9.38. The lowest BCUT2D eigenvalue weighted by molar-refractivity contribution is 0.122. The van der Waals surface area contributed by atoms with Crippen molar-refractivity contribution in [1.82, 2.24) is 15.0 Å². The Balaban J connectivity index is 1.27. The van der Waals surface area contributed by atoms with Crippen molar-refractivity contribution in [3.05, 3.63) is 66.5 Å². The van der Waals surface area contributed by atoms with Gasteiger partial charge in [0, 0.05) is 30.2 Å². The molecule has 0 radical (unpaired) electrons. The van der Waals surface area contributed by atoms with Gasteiger partial charge in [0.2, 0.25) is 0 Å². The molecule has 0 saturated carbocycles. The number of nitrogens with zero attached hydrogens (tertiary/aromatic N) is 3. The zero-order chi connectivity index (χ0) is 24.4. The maximum absolute atomic E-state index is 12.5. The van der Waals surface area contributed by atoms with Crippen LogP contribution in [0.1, 0.15) is 26.3 Å². The fraction of sp³-hybridized carbons (Fsp3) is 0.296. The number of amides is 2. The number of aromatic nitrogens is 3. The van der Waals surface area contributed by atoms with E-state index in [1.807, 2.05) is 48.5 Å². The van der Waals surface area contributed by atoms with E-state index < -0.39 is 0 Å². The first-order valence-electron chi connectivity index (χ1n) is 11.8. The van der Waals surface area contributed by atoms with E-state index in [9.17, 15) is 4.79 Å². The molecule has 0 aliphatic carbocycles. The molecule has 0 spiro atoms. The molecule has 180 valence electrons. The average Bonchev–Trinajstić information content (AvgIpc) is 3.29. The Hall–Kier alpha value is -3.91. The number of carbonyl (C=O) groups is 1. The van der Waals surface area contributed by atoms with Crippen LogP contribution in [0.15, 0.2) is 60.9 Å². The summed E-state index contributed by atoms with van der Waals surface area (Å²) in [6, 6.07) is 17.4. The maximum atomic E-state index is 12.5. The summed E-state index contributed by atoms with van der Waals surface area (Å²) < 4.78 is 5.47. The van der Waals surface area contributed by atoms with Crippen LogP contribution in [-0.4, -0.2) is 47.3 Å². The third kappa shape index (κ3) is 5.12. The Labute approximate surface area is 204 Å². The minimum atomic E-state index is -0.280. The van der Waals surface area contributed by atoms with Gasteiger partial charge in [-0.2, -0.15) is 0 Å². The van der Waals surface area contributed by atoms with Crippen LogP contribution >= 0.6 is 0 Å². The molecule has 2 amide bonds. The molecule has 2 aromatic heterocycles. The van der Waals surface area contributed by atoms with Crippen molar-refractivity contribution < 1.29 is 9.53 Å². The monoisotopic (exact) mass is 470 g/mol. The minimum Gasteiger partial charge on any atom is -0.378 e. The highest BCUT2D eigenvalue weighted by molar-refractivity contribution is 6.00. The van der Waals surface area contributed by atoms with E-state index in [1.165, 1.54) is 5.56 Å². The van der Waals surface area contributed by atoms with Crippen LogP contribution in [0.5, 0.6) is 0 Å². The molecule has 8 nitrogen and oxygen atoms in total. The smallest absolute Gasteiger partial charge is 0.323 e. The molecule has 4 aromatic rings. The zero-order valence-corrected chi connectivity index (χ0v) is 20.3. The van der Waals surface area contributed by atoms with Crippen molar-refractivity contribution in [2.24, 2.45) is 0 Å². The first-order valence-corrected chi connectivity index (χ1v) is 11.8. The molecule has 1 fully saturated rings. The summed E-state index contributed by atoms with van der Waals surface area (Å²) in [6.45, 7) is 9.53. The van der Waals surface area contributed by atoms with Crippen LogP contribution < -0.4 is 15.5 Å². The molecule has 3 N–H and O–H groups in total. The van der Waals surface area contributed by atoms with Crippen molar-refractivity contribution in [3.63, 3.8) is 0 Å². The van der Waals surface area contributed by atoms with E-state index >= 15 is 0 Å². The van der Waals surface area contributed by atoms with Crippen LogP contribution in [-0.2, 0) is 10.2 Å². The van der Waals surface area contributed by atoms with E-state index in [0.717, 1.165) is 46.9 Å². The lowest BCUT2D eigenvalue weighted by Gasteiger charge is -2.27. The van der Waals surface area contributed by atoms with Gasteiger partial charge in [-0.15, -0.1) is 0 Å². The molecule has 35 heavy (non-hydrogen) atoms. The molecule has 0 unspecified atom stereocenters. The number of rotatable bonds is 4. The van der Waals surface area contributed by atoms with Gasteiger partial charge in [0.25, 0.3) is 0 Å². The number of anilines is 3. The molecule has 0 bridgehead atoms. The lowest BCUT2D eigenvalue weighted by Crippen LogP contribution is -2.36. The maximum Gasteiger partial charge on any atom is 0.323 e. The number of fused-ring (bicyclic) bond motifs is 1. The summed E-state index contributed by atoms with van der Waals surface area (Å²) in [7, 11) is 0. The van der Waals surface area contributed by atoms with Gasteiger partial charge in [0.15, 0.2) is 0 Å². The fourth-order valence-electron chi connectivity index (χ4n) is 4.19. The number of hydrogen-bond donors (Lipinski definition) is 3. The second-order valence-corrected chi connectivity index (χ2v) is 9.73. The van der Waals surface area contributed by atoms with Crippen molar-refractivity contribution in [3.8, 4) is 11.3 Å². The summed E-state index contributed by atoms with van der Waals surface area (Å²) in [5.74, 6) is 0.922. The minimum absolute atomic E-state index is 0.0736. The number of hydrogen-bond acceptors (Lipinski definition) is 5. The van der Waals surface area contributed by atoms with Crippen molar-refractivity contribution in [2.45, 2.75) is 26.2 Å². The highest BCUT2D eigenvalue weighted by Crippen LogP contribution is 2.30. The highest BCUT2D eigenvalue weighted by atomic mass is 16.5. The van der Waals surface area contributed by atoms with Gasteiger partial charge in [0.05, 0.1) is 18.6 Å². The normalized spacial score (nSPS) is 14.2. The SMILES string of the molecule is CC(C)(C)c1ccc(NC(=O)Nc2ccc(-c3cc4c(N5CCOCC5)ncnc4[nH]3)cc2)cc1. The Morgan fingerprint density at radius 2 is 1.57 bits per heavy atom. The van der Waals surface area contributed by atoms with Gasteiger partial charge in [-0.25, -0.2) is 14.8 Å². The number of aromatic amines is 1. The van der Waals surface area contributed by atoms with Gasteiger partial charge in [-0.1, -0.05) is 45.0 Å². The Morgan fingerprint density at radius 3 is 2.20 bits per heavy atom. The van der Waals surface area contributed by atoms with Gasteiger partial charge in [-0.05, 0) is 46.9 Å². The summed E-state index contributed by atoms with van der Waals surface area (Å²) >= 11 is 0. The Morgan fingerprint density at radius 1 is 0.943 bits per heavy atom. The highest BCUT2D eigenvalue weighted by Gasteiger charge is 2.18. The van der Waals surface area contributed by atoms with Crippen LogP contribution in [0.25, 0.3) is 22.3 Å². The van der Waals surface area contributed by atoms with E-state index in [4.69, 9.17) is 4.74 Å². The average molecular weight is 471 g/mol. The first kappa shape index (κ1) is 22.9. The van der Waals surface area contributed by atoms with E-state index in [2.05, 4.69) is 57.3 Å².